The van der Waals surface area contributed by atoms with Crippen molar-refractivity contribution in [1.29, 1.82) is 0 Å². The molecule has 1 aliphatic rings. The van der Waals surface area contributed by atoms with E-state index in [0.717, 1.165) is 6.42 Å². The number of aliphatic hydroxyl groups excluding tert-OH is 1. The Bertz CT molecular complexity index is 80.6. The van der Waals surface area contributed by atoms with Gasteiger partial charge in [0, 0.05) is 6.42 Å². The van der Waals surface area contributed by atoms with Crippen LogP contribution in [0.1, 0.15) is 20.3 Å². The van der Waals surface area contributed by atoms with E-state index in [4.69, 9.17) is 9.84 Å². The molecule has 0 bridgehead atoms. The van der Waals surface area contributed by atoms with Crippen molar-refractivity contribution < 1.29 is 9.84 Å². The molecule has 0 spiro atoms. The molecule has 0 radical (unpaired) electrons. The van der Waals surface area contributed by atoms with Crippen LogP contribution in [0.3, 0.4) is 0 Å². The first-order valence-corrected chi connectivity index (χ1v) is 3.03. The van der Waals surface area contributed by atoms with Gasteiger partial charge in [-0.2, -0.15) is 0 Å². The predicted octanol–water partition coefficient (Wildman–Crippen LogP) is 0.545. The van der Waals surface area contributed by atoms with Gasteiger partial charge >= 0.3 is 0 Å². The lowest BCUT2D eigenvalue weighted by Gasteiger charge is -1.96. The molecular weight excluding hydrogens is 104 g/mol. The molecule has 1 saturated heterocycles. The zero-order chi connectivity index (χ0) is 6.15. The fraction of sp³-hybridized carbons (Fsp3) is 1.00. The second kappa shape index (κ2) is 2.03. The highest BCUT2D eigenvalue weighted by molar-refractivity contribution is 4.81. The molecule has 1 rings (SSSR count). The van der Waals surface area contributed by atoms with E-state index in [2.05, 4.69) is 0 Å². The monoisotopic (exact) mass is 116 g/mol. The first kappa shape index (κ1) is 6.05. The van der Waals surface area contributed by atoms with Gasteiger partial charge in [0.15, 0.2) is 0 Å². The summed E-state index contributed by atoms with van der Waals surface area (Å²) in [5.74, 6) is 0. The molecule has 1 N–H and O–H groups in total. The Kier molecular flexibility index (Phi) is 1.54. The predicted molar refractivity (Wildman–Crippen MR) is 30.6 cm³/mol. The van der Waals surface area contributed by atoms with Crippen LogP contribution in [0.2, 0.25) is 0 Å². The SMILES string of the molecule is CC(O)CC1OC1C. The Morgan fingerprint density at radius 2 is 2.25 bits per heavy atom. The third kappa shape index (κ3) is 1.46. The van der Waals surface area contributed by atoms with Crippen molar-refractivity contribution in [2.75, 3.05) is 0 Å². The maximum Gasteiger partial charge on any atom is 0.0863 e. The van der Waals surface area contributed by atoms with Gasteiger partial charge in [-0.1, -0.05) is 0 Å². The van der Waals surface area contributed by atoms with Crippen molar-refractivity contribution in [2.45, 2.75) is 38.6 Å². The molecule has 0 amide bonds. The molecular formula is C6H12O2. The van der Waals surface area contributed by atoms with Gasteiger partial charge in [0.1, 0.15) is 0 Å². The first-order chi connectivity index (χ1) is 3.70. The summed E-state index contributed by atoms with van der Waals surface area (Å²) in [5, 5.41) is 8.80. The van der Waals surface area contributed by atoms with E-state index in [-0.39, 0.29) is 6.10 Å². The van der Waals surface area contributed by atoms with Gasteiger partial charge in [-0.3, -0.25) is 0 Å². The van der Waals surface area contributed by atoms with Gasteiger partial charge in [0.25, 0.3) is 0 Å². The summed E-state index contributed by atoms with van der Waals surface area (Å²) in [4.78, 5) is 0. The molecule has 2 nitrogen and oxygen atoms in total. The summed E-state index contributed by atoms with van der Waals surface area (Å²) in [6.07, 6.45) is 1.32. The molecule has 0 saturated carbocycles. The number of hydrogen-bond donors (Lipinski definition) is 1. The average molecular weight is 116 g/mol. The molecule has 1 heterocycles. The van der Waals surface area contributed by atoms with Crippen LogP contribution in [0.4, 0.5) is 0 Å². The Hall–Kier alpha value is -0.0800. The summed E-state index contributed by atoms with van der Waals surface area (Å²) in [5.41, 5.74) is 0. The molecule has 1 fully saturated rings. The molecule has 2 heteroatoms. The van der Waals surface area contributed by atoms with Crippen LogP contribution in [0.15, 0.2) is 0 Å². The second-order valence-corrected chi connectivity index (χ2v) is 2.46. The summed E-state index contributed by atoms with van der Waals surface area (Å²) >= 11 is 0. The zero-order valence-electron chi connectivity index (χ0n) is 5.29. The van der Waals surface area contributed by atoms with Crippen molar-refractivity contribution in [3.8, 4) is 0 Å². The number of aliphatic hydroxyl groups is 1. The Balaban J connectivity index is 2.05. The molecule has 3 atom stereocenters. The molecule has 0 aliphatic carbocycles. The highest BCUT2D eigenvalue weighted by Gasteiger charge is 2.34. The van der Waals surface area contributed by atoms with Crippen LogP contribution in [-0.2, 0) is 4.74 Å². The van der Waals surface area contributed by atoms with Gasteiger partial charge < -0.3 is 9.84 Å². The summed E-state index contributed by atoms with van der Waals surface area (Å²) in [6.45, 7) is 3.81. The largest absolute Gasteiger partial charge is 0.393 e. The van der Waals surface area contributed by atoms with Crippen LogP contribution >= 0.6 is 0 Å². The van der Waals surface area contributed by atoms with Gasteiger partial charge in [0.2, 0.25) is 0 Å². The van der Waals surface area contributed by atoms with Gasteiger partial charge in [-0.15, -0.1) is 0 Å². The minimum absolute atomic E-state index is 0.204. The van der Waals surface area contributed by atoms with Gasteiger partial charge in [-0.05, 0) is 13.8 Å². The van der Waals surface area contributed by atoms with Crippen molar-refractivity contribution in [3.05, 3.63) is 0 Å². The van der Waals surface area contributed by atoms with E-state index in [1.807, 2.05) is 6.92 Å². The summed E-state index contributed by atoms with van der Waals surface area (Å²) < 4.78 is 5.07. The number of hydrogen-bond acceptors (Lipinski definition) is 2. The van der Waals surface area contributed by atoms with Gasteiger partial charge in [0.05, 0.1) is 18.3 Å². The summed E-state index contributed by atoms with van der Waals surface area (Å²) in [7, 11) is 0. The lowest BCUT2D eigenvalue weighted by molar-refractivity contribution is 0.170. The first-order valence-electron chi connectivity index (χ1n) is 3.03. The zero-order valence-corrected chi connectivity index (χ0v) is 5.29. The summed E-state index contributed by atoms with van der Waals surface area (Å²) in [6, 6.07) is 0. The van der Waals surface area contributed by atoms with E-state index in [1.165, 1.54) is 0 Å². The Morgan fingerprint density at radius 1 is 1.75 bits per heavy atom. The molecule has 1 aliphatic heterocycles. The highest BCUT2D eigenvalue weighted by Crippen LogP contribution is 2.25. The maximum absolute atomic E-state index is 8.80. The molecule has 8 heavy (non-hydrogen) atoms. The van der Waals surface area contributed by atoms with E-state index < -0.39 is 0 Å². The highest BCUT2D eigenvalue weighted by atomic mass is 16.6. The topological polar surface area (TPSA) is 32.8 Å². The number of epoxide rings is 1. The normalized spacial score (nSPS) is 39.4. The lowest BCUT2D eigenvalue weighted by atomic mass is 10.2. The fourth-order valence-electron chi connectivity index (χ4n) is 0.814. The molecule has 48 valence electrons. The molecule has 3 unspecified atom stereocenters. The van der Waals surface area contributed by atoms with E-state index >= 15 is 0 Å². The fourth-order valence-corrected chi connectivity index (χ4v) is 0.814. The van der Waals surface area contributed by atoms with Crippen molar-refractivity contribution in [2.24, 2.45) is 0 Å². The maximum atomic E-state index is 8.80. The van der Waals surface area contributed by atoms with Crippen LogP contribution in [0.25, 0.3) is 0 Å². The van der Waals surface area contributed by atoms with Crippen LogP contribution in [-0.4, -0.2) is 23.4 Å². The molecule has 0 aromatic heterocycles. The minimum atomic E-state index is -0.204. The number of ether oxygens (including phenoxy) is 1. The minimum Gasteiger partial charge on any atom is -0.393 e. The third-order valence-corrected chi connectivity index (χ3v) is 1.41. The van der Waals surface area contributed by atoms with Crippen molar-refractivity contribution in [3.63, 3.8) is 0 Å². The van der Waals surface area contributed by atoms with E-state index in [0.29, 0.717) is 12.2 Å². The van der Waals surface area contributed by atoms with Crippen LogP contribution in [0, 0.1) is 0 Å². The Morgan fingerprint density at radius 3 is 2.38 bits per heavy atom. The van der Waals surface area contributed by atoms with Gasteiger partial charge in [-0.25, -0.2) is 0 Å². The quantitative estimate of drug-likeness (QED) is 0.534. The standard InChI is InChI=1S/C6H12O2/c1-4(7)3-6-5(2)8-6/h4-7H,3H2,1-2H3. The average Bonchev–Trinajstić information content (AvgIpc) is 2.17. The Labute approximate surface area is 49.5 Å². The third-order valence-electron chi connectivity index (χ3n) is 1.41. The number of rotatable bonds is 2. The van der Waals surface area contributed by atoms with E-state index in [9.17, 15) is 0 Å². The van der Waals surface area contributed by atoms with E-state index in [1.54, 1.807) is 6.92 Å². The smallest absolute Gasteiger partial charge is 0.0863 e. The van der Waals surface area contributed by atoms with Crippen molar-refractivity contribution >= 4 is 0 Å². The lowest BCUT2D eigenvalue weighted by Crippen LogP contribution is -2.04. The van der Waals surface area contributed by atoms with Crippen LogP contribution in [0.5, 0.6) is 0 Å². The molecule has 0 aromatic rings. The van der Waals surface area contributed by atoms with Crippen LogP contribution < -0.4 is 0 Å². The van der Waals surface area contributed by atoms with Crippen molar-refractivity contribution in [1.82, 2.24) is 0 Å². The second-order valence-electron chi connectivity index (χ2n) is 2.46. The molecule has 0 aromatic carbocycles.